The zero-order chi connectivity index (χ0) is 10.6. The highest BCUT2D eigenvalue weighted by atomic mass is 16.1. The average molecular weight is 206 g/mol. The number of aromatic nitrogens is 2. The van der Waals surface area contributed by atoms with Crippen LogP contribution in [0, 0.1) is 6.92 Å². The van der Waals surface area contributed by atoms with Crippen molar-refractivity contribution >= 4 is 10.9 Å². The number of nitrogens with one attached hydrogen (secondary N) is 1. The molecule has 2 rings (SSSR count). The first-order valence-electron chi connectivity index (χ1n) is 4.73. The van der Waals surface area contributed by atoms with E-state index in [1.54, 1.807) is 13.0 Å². The van der Waals surface area contributed by atoms with Crippen molar-refractivity contribution in [2.24, 2.45) is 0 Å². The Labute approximate surface area is 90.2 Å². The maximum absolute atomic E-state index is 11.3. The monoisotopic (exact) mass is 206 g/mol. The van der Waals surface area contributed by atoms with Crippen molar-refractivity contribution in [2.45, 2.75) is 28.2 Å². The summed E-state index contributed by atoms with van der Waals surface area (Å²) in [6, 6.07) is 7.29. The van der Waals surface area contributed by atoms with E-state index in [0.29, 0.717) is 11.2 Å². The van der Waals surface area contributed by atoms with Crippen LogP contribution in [-0.4, -0.2) is 9.97 Å². The predicted octanol–water partition coefficient (Wildman–Crippen LogP) is 2.89. The predicted molar refractivity (Wildman–Crippen MR) is 65.2 cm³/mol. The third-order valence-electron chi connectivity index (χ3n) is 1.73. The summed E-state index contributed by atoms with van der Waals surface area (Å²) in [6.45, 7) is 5.77. The molecule has 0 bridgehead atoms. The molecular formula is C12H18N2O. The van der Waals surface area contributed by atoms with Crippen LogP contribution in [0.5, 0.6) is 0 Å². The standard InChI is InChI=1S/C9H8N2O.C2H6.CH4/c1-6-10-8-5-3-2-4-7(8)9(12)11-6;1-2;/h2-5H,1H3,(H,10,11,12);1-2H3;1H4. The van der Waals surface area contributed by atoms with Gasteiger partial charge >= 0.3 is 0 Å². The number of aryl methyl sites for hydroxylation is 1. The molecule has 3 nitrogen and oxygen atoms in total. The van der Waals surface area contributed by atoms with Gasteiger partial charge in [-0.2, -0.15) is 0 Å². The molecule has 1 N–H and O–H groups in total. The maximum Gasteiger partial charge on any atom is 0.258 e. The van der Waals surface area contributed by atoms with Crippen LogP contribution in [-0.2, 0) is 0 Å². The minimum Gasteiger partial charge on any atom is -0.310 e. The fourth-order valence-electron chi connectivity index (χ4n) is 1.20. The molecule has 0 spiro atoms. The largest absolute Gasteiger partial charge is 0.310 e. The molecule has 0 unspecified atom stereocenters. The number of rotatable bonds is 0. The van der Waals surface area contributed by atoms with Crippen molar-refractivity contribution < 1.29 is 0 Å². The van der Waals surface area contributed by atoms with E-state index >= 15 is 0 Å². The van der Waals surface area contributed by atoms with Crippen molar-refractivity contribution in [3.63, 3.8) is 0 Å². The van der Waals surface area contributed by atoms with Gasteiger partial charge in [0.05, 0.1) is 10.9 Å². The number of benzene rings is 1. The summed E-state index contributed by atoms with van der Waals surface area (Å²) in [5.41, 5.74) is 0.678. The highest BCUT2D eigenvalue weighted by molar-refractivity contribution is 5.76. The summed E-state index contributed by atoms with van der Waals surface area (Å²) in [5, 5.41) is 0.642. The van der Waals surface area contributed by atoms with Crippen molar-refractivity contribution in [3.8, 4) is 0 Å². The van der Waals surface area contributed by atoms with Gasteiger partial charge in [0.25, 0.3) is 5.56 Å². The van der Waals surface area contributed by atoms with Crippen LogP contribution in [0.15, 0.2) is 29.1 Å². The molecule has 0 saturated heterocycles. The first kappa shape index (κ1) is 13.4. The van der Waals surface area contributed by atoms with E-state index < -0.39 is 0 Å². The summed E-state index contributed by atoms with van der Waals surface area (Å²) in [7, 11) is 0. The quantitative estimate of drug-likeness (QED) is 0.720. The summed E-state index contributed by atoms with van der Waals surface area (Å²) < 4.78 is 0. The van der Waals surface area contributed by atoms with Gasteiger partial charge in [-0.3, -0.25) is 4.79 Å². The average Bonchev–Trinajstić information content (AvgIpc) is 2.20. The van der Waals surface area contributed by atoms with Gasteiger partial charge in [-0.15, -0.1) is 0 Å². The molecule has 0 atom stereocenters. The van der Waals surface area contributed by atoms with E-state index in [1.807, 2.05) is 32.0 Å². The molecule has 82 valence electrons. The van der Waals surface area contributed by atoms with Crippen LogP contribution in [0.2, 0.25) is 0 Å². The Balaban J connectivity index is 0.000000617. The minimum atomic E-state index is -0.0712. The van der Waals surface area contributed by atoms with Gasteiger partial charge in [0.1, 0.15) is 5.82 Å². The van der Waals surface area contributed by atoms with Crippen LogP contribution in [0.4, 0.5) is 0 Å². The molecule has 0 aliphatic carbocycles. The number of H-pyrrole nitrogens is 1. The Kier molecular flexibility index (Phi) is 5.31. The lowest BCUT2D eigenvalue weighted by molar-refractivity contribution is 1.06. The normalized spacial score (nSPS) is 8.73. The van der Waals surface area contributed by atoms with Crippen molar-refractivity contribution in [3.05, 3.63) is 40.4 Å². The second kappa shape index (κ2) is 5.96. The van der Waals surface area contributed by atoms with E-state index in [-0.39, 0.29) is 13.0 Å². The van der Waals surface area contributed by atoms with Gasteiger partial charge in [0, 0.05) is 0 Å². The van der Waals surface area contributed by atoms with Crippen molar-refractivity contribution in [2.75, 3.05) is 0 Å². The van der Waals surface area contributed by atoms with Crippen molar-refractivity contribution in [1.82, 2.24) is 9.97 Å². The summed E-state index contributed by atoms with van der Waals surface area (Å²) >= 11 is 0. The van der Waals surface area contributed by atoms with Crippen LogP contribution >= 0.6 is 0 Å². The molecule has 1 aromatic heterocycles. The van der Waals surface area contributed by atoms with Gasteiger partial charge in [0.2, 0.25) is 0 Å². The van der Waals surface area contributed by atoms with Gasteiger partial charge in [0.15, 0.2) is 0 Å². The molecule has 3 heteroatoms. The van der Waals surface area contributed by atoms with Crippen LogP contribution in [0.3, 0.4) is 0 Å². The van der Waals surface area contributed by atoms with Gasteiger partial charge < -0.3 is 4.98 Å². The fourth-order valence-corrected chi connectivity index (χ4v) is 1.20. The number of nitrogens with zero attached hydrogens (tertiary/aromatic N) is 1. The highest BCUT2D eigenvalue weighted by Gasteiger charge is 1.97. The molecule has 0 radical (unpaired) electrons. The highest BCUT2D eigenvalue weighted by Crippen LogP contribution is 2.04. The molecule has 0 saturated carbocycles. The van der Waals surface area contributed by atoms with Gasteiger partial charge in [-0.1, -0.05) is 33.4 Å². The van der Waals surface area contributed by atoms with E-state index in [2.05, 4.69) is 9.97 Å². The lowest BCUT2D eigenvalue weighted by atomic mass is 10.2. The van der Waals surface area contributed by atoms with E-state index in [9.17, 15) is 4.79 Å². The lowest BCUT2D eigenvalue weighted by Crippen LogP contribution is -2.09. The third-order valence-corrected chi connectivity index (χ3v) is 1.73. The smallest absolute Gasteiger partial charge is 0.258 e. The van der Waals surface area contributed by atoms with E-state index in [1.165, 1.54) is 0 Å². The molecule has 1 aromatic carbocycles. The topological polar surface area (TPSA) is 45.8 Å². The zero-order valence-electron chi connectivity index (χ0n) is 8.66. The maximum atomic E-state index is 11.3. The second-order valence-corrected chi connectivity index (χ2v) is 2.67. The summed E-state index contributed by atoms with van der Waals surface area (Å²) in [5.74, 6) is 0.652. The molecule has 1 heterocycles. The Bertz CT molecular complexity index is 474. The first-order valence-corrected chi connectivity index (χ1v) is 4.73. The molecular weight excluding hydrogens is 188 g/mol. The molecule has 0 aliphatic heterocycles. The molecule has 0 aliphatic rings. The Hall–Kier alpha value is -1.64. The SMILES string of the molecule is C.CC.Cc1nc2ccccc2c(=O)[nH]1. The van der Waals surface area contributed by atoms with Gasteiger partial charge in [-0.25, -0.2) is 4.98 Å². The lowest BCUT2D eigenvalue weighted by Gasteiger charge is -1.95. The molecule has 0 fully saturated rings. The summed E-state index contributed by atoms with van der Waals surface area (Å²) in [6.07, 6.45) is 0. The first-order chi connectivity index (χ1) is 6.77. The van der Waals surface area contributed by atoms with Crippen LogP contribution in [0.25, 0.3) is 10.9 Å². The number of fused-ring (bicyclic) bond motifs is 1. The Morgan fingerprint density at radius 1 is 1.20 bits per heavy atom. The van der Waals surface area contributed by atoms with E-state index in [4.69, 9.17) is 0 Å². The number of para-hydroxylation sites is 1. The zero-order valence-corrected chi connectivity index (χ0v) is 8.66. The van der Waals surface area contributed by atoms with Crippen LogP contribution < -0.4 is 5.56 Å². The molecule has 2 aromatic rings. The minimum absolute atomic E-state index is 0. The van der Waals surface area contributed by atoms with E-state index in [0.717, 1.165) is 5.52 Å². The fraction of sp³-hybridized carbons (Fsp3) is 0.333. The Morgan fingerprint density at radius 2 is 1.80 bits per heavy atom. The number of hydrogen-bond donors (Lipinski definition) is 1. The summed E-state index contributed by atoms with van der Waals surface area (Å²) in [4.78, 5) is 18.1. The number of hydrogen-bond acceptors (Lipinski definition) is 2. The van der Waals surface area contributed by atoms with Crippen molar-refractivity contribution in [1.29, 1.82) is 0 Å². The number of aromatic amines is 1. The second-order valence-electron chi connectivity index (χ2n) is 2.67. The molecule has 15 heavy (non-hydrogen) atoms. The third kappa shape index (κ3) is 2.91. The Morgan fingerprint density at radius 3 is 2.47 bits per heavy atom. The van der Waals surface area contributed by atoms with Gasteiger partial charge in [-0.05, 0) is 19.1 Å². The van der Waals surface area contributed by atoms with Crippen LogP contribution in [0.1, 0.15) is 27.1 Å². The molecule has 0 amide bonds.